The van der Waals surface area contributed by atoms with Crippen LogP contribution in [0.1, 0.15) is 0 Å². The van der Waals surface area contributed by atoms with E-state index < -0.39 is 36.1 Å². The Morgan fingerprint density at radius 3 is 2.25 bits per heavy atom. The number of halogens is 1. The summed E-state index contributed by atoms with van der Waals surface area (Å²) in [5, 5.41) is 25.3. The minimum absolute atomic E-state index is 0.0484. The number of nitro benzene ring substituents is 2. The first-order chi connectivity index (χ1) is 11.2. The molecule has 24 heavy (non-hydrogen) atoms. The summed E-state index contributed by atoms with van der Waals surface area (Å²) in [6, 6.07) is 8.08. The van der Waals surface area contributed by atoms with E-state index in [2.05, 4.69) is 9.63 Å². The third-order valence-electron chi connectivity index (χ3n) is 2.74. The van der Waals surface area contributed by atoms with E-state index in [1.54, 1.807) is 12.1 Å². The Morgan fingerprint density at radius 2 is 1.67 bits per heavy atom. The minimum atomic E-state index is -4.56. The molecule has 0 N–H and O–H groups in total. The Bertz CT molecular complexity index is 960. The van der Waals surface area contributed by atoms with Crippen LogP contribution in [-0.4, -0.2) is 18.3 Å². The van der Waals surface area contributed by atoms with Crippen LogP contribution in [0, 0.1) is 20.2 Å². The van der Waals surface area contributed by atoms with E-state index in [0.29, 0.717) is 6.07 Å². The highest BCUT2D eigenvalue weighted by Crippen LogP contribution is 2.31. The summed E-state index contributed by atoms with van der Waals surface area (Å²) in [6.45, 7) is 0. The molecule has 0 spiro atoms. The first-order valence-electron chi connectivity index (χ1n) is 6.08. The Morgan fingerprint density at radius 1 is 1.00 bits per heavy atom. The molecule has 0 aromatic heterocycles. The number of sulfonamides is 1. The van der Waals surface area contributed by atoms with E-state index in [1.165, 1.54) is 12.1 Å². The Balaban J connectivity index is 2.51. The predicted octanol–water partition coefficient (Wildman–Crippen LogP) is 3.63. The van der Waals surface area contributed by atoms with Crippen molar-refractivity contribution in [1.82, 2.24) is 0 Å². The Hall–Kier alpha value is -2.92. The first kappa shape index (κ1) is 17.4. The van der Waals surface area contributed by atoms with Gasteiger partial charge in [0.1, 0.15) is 5.69 Å². The van der Waals surface area contributed by atoms with Gasteiger partial charge in [-0.25, -0.2) is 0 Å². The number of hydrogen-bond acceptors (Lipinski definition) is 7. The quantitative estimate of drug-likeness (QED) is 0.446. The average Bonchev–Trinajstić information content (AvgIpc) is 2.53. The monoisotopic (exact) mass is 370 g/mol. The topological polar surface area (TPSA) is 145 Å². The van der Waals surface area contributed by atoms with Gasteiger partial charge in [-0.15, -0.1) is 5.11 Å². The Labute approximate surface area is 139 Å². The van der Waals surface area contributed by atoms with Crippen molar-refractivity contribution in [3.05, 3.63) is 67.7 Å². The fourth-order valence-electron chi connectivity index (χ4n) is 1.65. The van der Waals surface area contributed by atoms with Gasteiger partial charge in [0.15, 0.2) is 4.90 Å². The smallest absolute Gasteiger partial charge is 0.258 e. The third kappa shape index (κ3) is 3.70. The van der Waals surface area contributed by atoms with E-state index in [9.17, 15) is 28.6 Å². The molecule has 0 aliphatic rings. The molecule has 2 aromatic rings. The van der Waals surface area contributed by atoms with E-state index >= 15 is 0 Å². The van der Waals surface area contributed by atoms with Crippen LogP contribution in [0.2, 0.25) is 5.02 Å². The fraction of sp³-hybridized carbons (Fsp3) is 0. The molecule has 0 atom stereocenters. The van der Waals surface area contributed by atoms with Crippen molar-refractivity contribution in [3.8, 4) is 0 Å². The van der Waals surface area contributed by atoms with Gasteiger partial charge < -0.3 is 0 Å². The van der Waals surface area contributed by atoms with Crippen LogP contribution in [0.15, 0.2) is 57.0 Å². The molecule has 0 unspecified atom stereocenters. The van der Waals surface area contributed by atoms with Gasteiger partial charge in [0.25, 0.3) is 11.4 Å². The summed E-state index contributed by atoms with van der Waals surface area (Å²) >= 11 is 5.80. The van der Waals surface area contributed by atoms with E-state index in [1.807, 2.05) is 0 Å². The number of rotatable bonds is 5. The third-order valence-corrected chi connectivity index (χ3v) is 4.25. The summed E-state index contributed by atoms with van der Waals surface area (Å²) in [5.74, 6) is 0. The molecule has 0 heterocycles. The molecule has 10 nitrogen and oxygen atoms in total. The van der Waals surface area contributed by atoms with Gasteiger partial charge in [-0.3, -0.25) is 20.2 Å². The molecule has 0 saturated carbocycles. The van der Waals surface area contributed by atoms with Crippen molar-refractivity contribution < 1.29 is 18.3 Å². The van der Waals surface area contributed by atoms with Gasteiger partial charge >= 0.3 is 10.0 Å². The predicted molar refractivity (Wildman–Crippen MR) is 82.9 cm³/mol. The maximum absolute atomic E-state index is 12.1. The van der Waals surface area contributed by atoms with Crippen molar-refractivity contribution in [2.24, 2.45) is 9.63 Å². The molecule has 0 aliphatic heterocycles. The van der Waals surface area contributed by atoms with Gasteiger partial charge in [0.05, 0.1) is 20.9 Å². The molecule has 0 radical (unpaired) electrons. The van der Waals surface area contributed by atoms with E-state index in [-0.39, 0.29) is 10.7 Å². The fourth-order valence-corrected chi connectivity index (χ4v) is 2.75. The highest BCUT2D eigenvalue weighted by Gasteiger charge is 2.28. The van der Waals surface area contributed by atoms with Crippen molar-refractivity contribution in [1.29, 1.82) is 0 Å². The molecule has 124 valence electrons. The lowest BCUT2D eigenvalue weighted by atomic mass is 10.3. The van der Waals surface area contributed by atoms with Crippen LogP contribution in [0.25, 0.3) is 0 Å². The molecule has 0 bridgehead atoms. The van der Waals surface area contributed by atoms with Crippen molar-refractivity contribution in [2.75, 3.05) is 0 Å². The molecule has 2 rings (SSSR count). The first-order valence-corrected chi connectivity index (χ1v) is 7.89. The molecule has 0 saturated heterocycles. The number of nitrogens with zero attached hydrogens (tertiary/aromatic N) is 4. The number of nitro groups is 2. The minimum Gasteiger partial charge on any atom is -0.258 e. The lowest BCUT2D eigenvalue weighted by molar-refractivity contribution is -0.396. The van der Waals surface area contributed by atoms with Crippen LogP contribution >= 0.6 is 11.6 Å². The molecule has 12 heteroatoms. The second-order valence-electron chi connectivity index (χ2n) is 4.27. The zero-order valence-corrected chi connectivity index (χ0v) is 13.1. The SMILES string of the molecule is O=[N+]([O-])c1ccc(S(=O)(=O)N=Nc2ccccc2Cl)c([N+](=O)[O-])c1. The molecule has 0 aliphatic carbocycles. The molecular formula is C12H7ClN4O6S. The van der Waals surface area contributed by atoms with Gasteiger partial charge in [-0.05, 0) is 18.2 Å². The van der Waals surface area contributed by atoms with Gasteiger partial charge in [0.2, 0.25) is 0 Å². The summed E-state index contributed by atoms with van der Waals surface area (Å²) in [5.41, 5.74) is -1.54. The molecule has 0 amide bonds. The number of benzene rings is 2. The van der Waals surface area contributed by atoms with Gasteiger partial charge in [-0.1, -0.05) is 28.3 Å². The highest BCUT2D eigenvalue weighted by molar-refractivity contribution is 7.90. The molecule has 2 aromatic carbocycles. The van der Waals surface area contributed by atoms with Gasteiger partial charge in [0, 0.05) is 6.07 Å². The highest BCUT2D eigenvalue weighted by atomic mass is 35.5. The summed E-state index contributed by atoms with van der Waals surface area (Å²) in [6.07, 6.45) is 0. The van der Waals surface area contributed by atoms with Crippen molar-refractivity contribution in [2.45, 2.75) is 4.90 Å². The summed E-state index contributed by atoms with van der Waals surface area (Å²) < 4.78 is 27.4. The second-order valence-corrected chi connectivity index (χ2v) is 6.23. The zero-order chi connectivity index (χ0) is 17.9. The summed E-state index contributed by atoms with van der Waals surface area (Å²) in [7, 11) is -4.56. The Kier molecular flexibility index (Phi) is 4.85. The second kappa shape index (κ2) is 6.68. The zero-order valence-electron chi connectivity index (χ0n) is 11.6. The standard InChI is InChI=1S/C12H7ClN4O6S/c13-9-3-1-2-4-10(9)14-15-24(22,23)12-6-5-8(16(18)19)7-11(12)17(20)21/h1-7H. The maximum atomic E-state index is 12.1. The van der Waals surface area contributed by atoms with E-state index in [4.69, 9.17) is 11.6 Å². The van der Waals surface area contributed by atoms with Crippen molar-refractivity contribution in [3.63, 3.8) is 0 Å². The average molecular weight is 371 g/mol. The largest absolute Gasteiger partial charge is 0.306 e. The molecular weight excluding hydrogens is 364 g/mol. The van der Waals surface area contributed by atoms with Crippen LogP contribution in [-0.2, 0) is 10.0 Å². The van der Waals surface area contributed by atoms with Crippen LogP contribution in [0.3, 0.4) is 0 Å². The maximum Gasteiger partial charge on any atom is 0.306 e. The number of non-ortho nitro benzene ring substituents is 1. The van der Waals surface area contributed by atoms with E-state index in [0.717, 1.165) is 12.1 Å². The van der Waals surface area contributed by atoms with Crippen molar-refractivity contribution >= 4 is 38.7 Å². The van der Waals surface area contributed by atoms with Crippen LogP contribution in [0.5, 0.6) is 0 Å². The lowest BCUT2D eigenvalue weighted by Gasteiger charge is -2.00. The lowest BCUT2D eigenvalue weighted by Crippen LogP contribution is -2.03. The van der Waals surface area contributed by atoms with Gasteiger partial charge in [-0.2, -0.15) is 8.42 Å². The normalized spacial score (nSPS) is 11.5. The van der Waals surface area contributed by atoms with Crippen LogP contribution in [0.4, 0.5) is 17.1 Å². The molecule has 0 fully saturated rings. The van der Waals surface area contributed by atoms with Crippen LogP contribution < -0.4 is 0 Å². The summed E-state index contributed by atoms with van der Waals surface area (Å²) in [4.78, 5) is 18.9. The number of hydrogen-bond donors (Lipinski definition) is 0.